The number of aliphatic carboxylic acids is 1. The lowest BCUT2D eigenvalue weighted by atomic mass is 9.96. The van der Waals surface area contributed by atoms with Crippen molar-refractivity contribution >= 4 is 29.2 Å². The number of carbonyl (C=O) groups is 1. The monoisotopic (exact) mass is 248 g/mol. The summed E-state index contributed by atoms with van der Waals surface area (Å²) in [5.41, 5.74) is 0.519. The quantitative estimate of drug-likeness (QED) is 0.833. The van der Waals surface area contributed by atoms with E-state index in [0.717, 1.165) is 0 Å². The summed E-state index contributed by atoms with van der Waals surface area (Å²) in [4.78, 5) is 18.2. The van der Waals surface area contributed by atoms with Gasteiger partial charge in [0.1, 0.15) is 16.6 Å². The van der Waals surface area contributed by atoms with E-state index in [9.17, 15) is 4.79 Å². The molecule has 0 radical (unpaired) electrons. The van der Waals surface area contributed by atoms with Gasteiger partial charge in [-0.2, -0.15) is 0 Å². The van der Waals surface area contributed by atoms with Crippen LogP contribution >= 0.6 is 23.2 Å². The molecule has 1 N–H and O–H groups in total. The van der Waals surface area contributed by atoms with Crippen molar-refractivity contribution in [1.29, 1.82) is 0 Å². The second-order valence-corrected chi connectivity index (χ2v) is 3.79. The maximum Gasteiger partial charge on any atom is 0.303 e. The fourth-order valence-corrected chi connectivity index (χ4v) is 1.98. The van der Waals surface area contributed by atoms with Gasteiger partial charge in [-0.1, -0.05) is 30.1 Å². The van der Waals surface area contributed by atoms with E-state index in [0.29, 0.717) is 12.0 Å². The molecule has 1 unspecified atom stereocenters. The largest absolute Gasteiger partial charge is 0.481 e. The van der Waals surface area contributed by atoms with Crippen LogP contribution in [0.15, 0.2) is 6.33 Å². The Balaban J connectivity index is 3.05. The zero-order valence-corrected chi connectivity index (χ0v) is 9.59. The smallest absolute Gasteiger partial charge is 0.303 e. The van der Waals surface area contributed by atoms with Gasteiger partial charge >= 0.3 is 5.97 Å². The summed E-state index contributed by atoms with van der Waals surface area (Å²) in [5, 5.41) is 9.18. The van der Waals surface area contributed by atoms with Crippen molar-refractivity contribution in [2.24, 2.45) is 0 Å². The lowest BCUT2D eigenvalue weighted by Gasteiger charge is -2.14. The maximum absolute atomic E-state index is 10.6. The Kier molecular flexibility index (Phi) is 4.29. The number of carboxylic acids is 1. The molecule has 4 nitrogen and oxygen atoms in total. The van der Waals surface area contributed by atoms with Crippen molar-refractivity contribution in [2.45, 2.75) is 25.7 Å². The average Bonchev–Trinajstić information content (AvgIpc) is 2.15. The lowest BCUT2D eigenvalue weighted by molar-refractivity contribution is -0.137. The minimum absolute atomic E-state index is 0.0245. The zero-order valence-electron chi connectivity index (χ0n) is 8.07. The van der Waals surface area contributed by atoms with E-state index < -0.39 is 5.97 Å². The molecule has 1 atom stereocenters. The Morgan fingerprint density at radius 1 is 1.47 bits per heavy atom. The van der Waals surface area contributed by atoms with Gasteiger partial charge in [-0.05, 0) is 6.42 Å². The Bertz CT molecular complexity index is 351. The van der Waals surface area contributed by atoms with Crippen LogP contribution in [0.2, 0.25) is 10.3 Å². The summed E-state index contributed by atoms with van der Waals surface area (Å²) in [5.74, 6) is -1.14. The highest BCUT2D eigenvalue weighted by atomic mass is 35.5. The Hall–Kier alpha value is -0.870. The van der Waals surface area contributed by atoms with Crippen LogP contribution in [0.1, 0.15) is 31.2 Å². The van der Waals surface area contributed by atoms with Gasteiger partial charge in [-0.25, -0.2) is 9.97 Å². The highest BCUT2D eigenvalue weighted by Crippen LogP contribution is 2.32. The van der Waals surface area contributed by atoms with E-state index in [1.54, 1.807) is 0 Å². The zero-order chi connectivity index (χ0) is 11.4. The summed E-state index contributed by atoms with van der Waals surface area (Å²) < 4.78 is 0. The first-order valence-corrected chi connectivity index (χ1v) is 5.19. The van der Waals surface area contributed by atoms with Crippen LogP contribution in [0, 0.1) is 0 Å². The fraction of sp³-hybridized carbons (Fsp3) is 0.444. The standard InChI is InChI=1S/C9H10Cl2N2O2/c1-2-5(3-6(14)15)7-8(10)12-4-13-9(7)11/h4-5H,2-3H2,1H3,(H,14,15). The van der Waals surface area contributed by atoms with Crippen LogP contribution in [-0.2, 0) is 4.79 Å². The van der Waals surface area contributed by atoms with E-state index in [4.69, 9.17) is 28.3 Å². The van der Waals surface area contributed by atoms with Gasteiger partial charge < -0.3 is 5.11 Å². The molecule has 0 aromatic carbocycles. The predicted octanol–water partition coefficient (Wildman–Crippen LogP) is 2.75. The van der Waals surface area contributed by atoms with Crippen LogP contribution in [-0.4, -0.2) is 21.0 Å². The summed E-state index contributed by atoms with van der Waals surface area (Å²) in [6, 6.07) is 0. The number of hydrogen-bond donors (Lipinski definition) is 1. The average molecular weight is 249 g/mol. The highest BCUT2D eigenvalue weighted by Gasteiger charge is 2.20. The minimum atomic E-state index is -0.891. The molecule has 6 heteroatoms. The van der Waals surface area contributed by atoms with Gasteiger partial charge in [-0.3, -0.25) is 4.79 Å². The van der Waals surface area contributed by atoms with Crippen molar-refractivity contribution in [3.8, 4) is 0 Å². The number of nitrogens with zero attached hydrogens (tertiary/aromatic N) is 2. The van der Waals surface area contributed by atoms with E-state index >= 15 is 0 Å². The molecule has 0 spiro atoms. The summed E-state index contributed by atoms with van der Waals surface area (Å²) in [7, 11) is 0. The number of carboxylic acid groups (broad SMARTS) is 1. The molecule has 0 fully saturated rings. The molecule has 15 heavy (non-hydrogen) atoms. The molecule has 0 aliphatic rings. The van der Waals surface area contributed by atoms with Crippen LogP contribution in [0.3, 0.4) is 0 Å². The first kappa shape index (κ1) is 12.2. The Morgan fingerprint density at radius 3 is 2.40 bits per heavy atom. The number of rotatable bonds is 4. The molecule has 1 heterocycles. The highest BCUT2D eigenvalue weighted by molar-refractivity contribution is 6.34. The summed E-state index contributed by atoms with van der Waals surface area (Å²) in [6.45, 7) is 1.87. The molecule has 82 valence electrons. The van der Waals surface area contributed by atoms with E-state index in [1.807, 2.05) is 6.92 Å². The van der Waals surface area contributed by atoms with Gasteiger partial charge in [-0.15, -0.1) is 0 Å². The molecule has 0 saturated carbocycles. The molecular weight excluding hydrogens is 239 g/mol. The topological polar surface area (TPSA) is 63.1 Å². The molecule has 0 saturated heterocycles. The second-order valence-electron chi connectivity index (χ2n) is 3.07. The minimum Gasteiger partial charge on any atom is -0.481 e. The fourth-order valence-electron chi connectivity index (χ4n) is 1.35. The van der Waals surface area contributed by atoms with Crippen LogP contribution in [0.25, 0.3) is 0 Å². The van der Waals surface area contributed by atoms with Crippen LogP contribution in [0.4, 0.5) is 0 Å². The van der Waals surface area contributed by atoms with Gasteiger partial charge in [0.15, 0.2) is 0 Å². The van der Waals surface area contributed by atoms with Crippen LogP contribution in [0.5, 0.6) is 0 Å². The molecule has 1 aromatic heterocycles. The molecule has 0 aliphatic heterocycles. The molecular formula is C9H10Cl2N2O2. The SMILES string of the molecule is CCC(CC(=O)O)c1c(Cl)ncnc1Cl. The molecule has 1 rings (SSSR count). The molecule has 0 amide bonds. The summed E-state index contributed by atoms with van der Waals surface area (Å²) >= 11 is 11.7. The third kappa shape index (κ3) is 3.04. The van der Waals surface area contributed by atoms with Gasteiger partial charge in [0.25, 0.3) is 0 Å². The van der Waals surface area contributed by atoms with Crippen molar-refractivity contribution < 1.29 is 9.90 Å². The second kappa shape index (κ2) is 5.28. The van der Waals surface area contributed by atoms with E-state index in [2.05, 4.69) is 9.97 Å². The third-order valence-corrected chi connectivity index (χ3v) is 2.71. The first-order valence-electron chi connectivity index (χ1n) is 4.44. The normalized spacial score (nSPS) is 12.5. The molecule has 0 aliphatic carbocycles. The van der Waals surface area contributed by atoms with Crippen molar-refractivity contribution in [3.05, 3.63) is 22.2 Å². The first-order chi connectivity index (χ1) is 7.06. The Morgan fingerprint density at radius 2 is 2.00 bits per heavy atom. The Labute approximate surface area is 97.3 Å². The van der Waals surface area contributed by atoms with E-state index in [-0.39, 0.29) is 22.6 Å². The maximum atomic E-state index is 10.6. The van der Waals surface area contributed by atoms with Gasteiger partial charge in [0.2, 0.25) is 0 Å². The molecule has 1 aromatic rings. The van der Waals surface area contributed by atoms with Crippen LogP contribution < -0.4 is 0 Å². The lowest BCUT2D eigenvalue weighted by Crippen LogP contribution is -2.08. The van der Waals surface area contributed by atoms with Crippen molar-refractivity contribution in [1.82, 2.24) is 9.97 Å². The van der Waals surface area contributed by atoms with Gasteiger partial charge in [0, 0.05) is 11.5 Å². The summed E-state index contributed by atoms with van der Waals surface area (Å²) in [6.07, 6.45) is 1.85. The van der Waals surface area contributed by atoms with Gasteiger partial charge in [0.05, 0.1) is 6.42 Å². The molecule has 0 bridgehead atoms. The third-order valence-electron chi connectivity index (χ3n) is 2.11. The number of halogens is 2. The number of aromatic nitrogens is 2. The van der Waals surface area contributed by atoms with Crippen molar-refractivity contribution in [2.75, 3.05) is 0 Å². The van der Waals surface area contributed by atoms with Crippen molar-refractivity contribution in [3.63, 3.8) is 0 Å². The number of hydrogen-bond acceptors (Lipinski definition) is 3. The van der Waals surface area contributed by atoms with E-state index in [1.165, 1.54) is 6.33 Å². The predicted molar refractivity (Wildman–Crippen MR) is 57.3 cm³/mol.